The van der Waals surface area contributed by atoms with Gasteiger partial charge in [0.1, 0.15) is 11.6 Å². The third-order valence-corrected chi connectivity index (χ3v) is 8.17. The van der Waals surface area contributed by atoms with Crippen LogP contribution in [0.4, 0.5) is 20.4 Å². The highest BCUT2D eigenvalue weighted by molar-refractivity contribution is 5.66. The minimum atomic E-state index is -1.18. The minimum absolute atomic E-state index is 0.136. The average molecular weight is 519 g/mol. The maximum absolute atomic E-state index is 15.3. The molecule has 2 saturated carbocycles. The van der Waals surface area contributed by atoms with Gasteiger partial charge in [-0.2, -0.15) is 9.61 Å². The van der Waals surface area contributed by atoms with Crippen molar-refractivity contribution in [2.24, 2.45) is 11.7 Å². The topological polar surface area (TPSA) is 101 Å². The molecule has 3 heterocycles. The van der Waals surface area contributed by atoms with E-state index in [1.807, 2.05) is 6.07 Å². The quantitative estimate of drug-likeness (QED) is 0.308. The molecule has 0 saturated heterocycles. The molecule has 1 aromatic carbocycles. The number of pyridine rings is 1. The molecule has 0 bridgehead atoms. The summed E-state index contributed by atoms with van der Waals surface area (Å²) in [5.74, 6) is -0.252. The molecule has 0 unspecified atom stereocenters. The van der Waals surface area contributed by atoms with Gasteiger partial charge in [0.2, 0.25) is 5.95 Å². The van der Waals surface area contributed by atoms with Crippen molar-refractivity contribution < 1.29 is 13.9 Å². The average Bonchev–Trinajstić information content (AvgIpc) is 3.50. The second-order valence-corrected chi connectivity index (χ2v) is 11.0. The lowest BCUT2D eigenvalue weighted by Crippen LogP contribution is -2.31. The second-order valence-electron chi connectivity index (χ2n) is 11.0. The van der Waals surface area contributed by atoms with E-state index in [0.29, 0.717) is 36.1 Å². The van der Waals surface area contributed by atoms with Crippen LogP contribution < -0.4 is 11.1 Å². The van der Waals surface area contributed by atoms with Crippen LogP contribution in [0, 0.1) is 17.6 Å². The molecule has 7 nitrogen and oxygen atoms in total. The maximum atomic E-state index is 15.3. The Hall–Kier alpha value is -3.43. The van der Waals surface area contributed by atoms with Crippen molar-refractivity contribution in [2.45, 2.75) is 69.4 Å². The Morgan fingerprint density at radius 1 is 1.05 bits per heavy atom. The zero-order valence-electron chi connectivity index (χ0n) is 21.4. The van der Waals surface area contributed by atoms with Crippen molar-refractivity contribution >= 4 is 17.2 Å². The van der Waals surface area contributed by atoms with Gasteiger partial charge in [-0.05, 0) is 85.4 Å². The summed E-state index contributed by atoms with van der Waals surface area (Å²) in [5, 5.41) is 18.7. The van der Waals surface area contributed by atoms with E-state index in [9.17, 15) is 5.11 Å². The van der Waals surface area contributed by atoms with Crippen LogP contribution in [0.25, 0.3) is 16.8 Å². The molecule has 198 valence electrons. The fraction of sp³-hybridized carbons (Fsp3) is 0.414. The normalized spacial score (nSPS) is 23.1. The largest absolute Gasteiger partial charge is 0.385 e. The van der Waals surface area contributed by atoms with Crippen molar-refractivity contribution in [3.8, 4) is 11.3 Å². The predicted molar refractivity (Wildman–Crippen MR) is 142 cm³/mol. The van der Waals surface area contributed by atoms with Crippen molar-refractivity contribution in [3.05, 3.63) is 71.7 Å². The zero-order chi connectivity index (χ0) is 26.4. The number of hydrogen-bond acceptors (Lipinski definition) is 6. The van der Waals surface area contributed by atoms with Crippen LogP contribution in [0.1, 0.15) is 68.9 Å². The number of halogens is 2. The van der Waals surface area contributed by atoms with E-state index in [4.69, 9.17) is 5.73 Å². The lowest BCUT2D eigenvalue weighted by Gasteiger charge is -2.32. The number of rotatable bonds is 5. The van der Waals surface area contributed by atoms with Gasteiger partial charge in [-0.25, -0.2) is 13.8 Å². The van der Waals surface area contributed by atoms with Crippen molar-refractivity contribution in [2.75, 3.05) is 5.32 Å². The molecule has 0 radical (unpaired) electrons. The molecule has 3 aromatic heterocycles. The first-order valence-corrected chi connectivity index (χ1v) is 13.3. The molecule has 4 aromatic rings. The first-order valence-electron chi connectivity index (χ1n) is 13.3. The number of hydrogen-bond donors (Lipinski definition) is 3. The van der Waals surface area contributed by atoms with E-state index >= 15 is 8.78 Å². The van der Waals surface area contributed by atoms with Crippen LogP contribution in [-0.4, -0.2) is 30.7 Å². The van der Waals surface area contributed by atoms with Crippen LogP contribution >= 0.6 is 0 Å². The molecular weight excluding hydrogens is 486 g/mol. The number of nitrogens with one attached hydrogen (secondary N) is 1. The Labute approximate surface area is 220 Å². The van der Waals surface area contributed by atoms with Gasteiger partial charge >= 0.3 is 0 Å². The van der Waals surface area contributed by atoms with Gasteiger partial charge in [-0.1, -0.05) is 19.8 Å². The summed E-state index contributed by atoms with van der Waals surface area (Å²) in [6.45, 7) is 2.23. The molecule has 6 rings (SSSR count). The van der Waals surface area contributed by atoms with Gasteiger partial charge in [0.25, 0.3) is 0 Å². The molecule has 38 heavy (non-hydrogen) atoms. The highest BCUT2D eigenvalue weighted by Gasteiger charge is 2.34. The number of anilines is 2. The Kier molecular flexibility index (Phi) is 6.36. The van der Waals surface area contributed by atoms with Crippen LogP contribution in [0.2, 0.25) is 0 Å². The Morgan fingerprint density at radius 3 is 2.55 bits per heavy atom. The number of imidazole rings is 1. The molecule has 0 spiro atoms. The number of aromatic nitrogens is 4. The summed E-state index contributed by atoms with van der Waals surface area (Å²) in [6, 6.07) is 7.95. The van der Waals surface area contributed by atoms with E-state index in [0.717, 1.165) is 43.4 Å². The Morgan fingerprint density at radius 2 is 1.82 bits per heavy atom. The van der Waals surface area contributed by atoms with Crippen LogP contribution in [0.5, 0.6) is 0 Å². The van der Waals surface area contributed by atoms with Crippen LogP contribution in [0.15, 0.2) is 48.9 Å². The zero-order valence-corrected chi connectivity index (χ0v) is 21.4. The van der Waals surface area contributed by atoms with Gasteiger partial charge in [0.15, 0.2) is 0 Å². The van der Waals surface area contributed by atoms with Gasteiger partial charge in [0, 0.05) is 12.2 Å². The van der Waals surface area contributed by atoms with Crippen molar-refractivity contribution in [1.82, 2.24) is 19.6 Å². The number of nitrogens with two attached hydrogens (primary N) is 1. The summed E-state index contributed by atoms with van der Waals surface area (Å²) < 4.78 is 32.1. The van der Waals surface area contributed by atoms with Gasteiger partial charge in [0.05, 0.1) is 40.5 Å². The fourth-order valence-corrected chi connectivity index (χ4v) is 6.33. The van der Waals surface area contributed by atoms with E-state index in [1.54, 1.807) is 35.2 Å². The van der Waals surface area contributed by atoms with E-state index in [1.165, 1.54) is 12.1 Å². The lowest BCUT2D eigenvalue weighted by molar-refractivity contribution is 0.0438. The lowest BCUT2D eigenvalue weighted by atomic mass is 9.76. The third-order valence-electron chi connectivity index (χ3n) is 8.17. The summed E-state index contributed by atoms with van der Waals surface area (Å²) in [6.07, 6.45) is 10.8. The minimum Gasteiger partial charge on any atom is -0.385 e. The number of benzene rings is 1. The highest BCUT2D eigenvalue weighted by Crippen LogP contribution is 2.41. The molecule has 2 aliphatic carbocycles. The molecule has 2 aliphatic rings. The molecule has 4 N–H and O–H groups in total. The summed E-state index contributed by atoms with van der Waals surface area (Å²) in [4.78, 5) is 8.78. The molecule has 0 amide bonds. The van der Waals surface area contributed by atoms with Gasteiger partial charge in [-0.15, -0.1) is 0 Å². The molecule has 0 aliphatic heterocycles. The van der Waals surface area contributed by atoms with Crippen molar-refractivity contribution in [3.63, 3.8) is 0 Å². The second kappa shape index (κ2) is 9.71. The monoisotopic (exact) mass is 518 g/mol. The van der Waals surface area contributed by atoms with E-state index in [2.05, 4.69) is 27.3 Å². The number of nitrogens with zero attached hydrogens (tertiary/aromatic N) is 4. The summed E-state index contributed by atoms with van der Waals surface area (Å²) in [7, 11) is 0. The molecule has 9 heteroatoms. The van der Waals surface area contributed by atoms with Gasteiger partial charge < -0.3 is 16.2 Å². The van der Waals surface area contributed by atoms with Gasteiger partial charge in [-0.3, -0.25) is 4.98 Å². The number of aliphatic hydroxyl groups is 1. The maximum Gasteiger partial charge on any atom is 0.229 e. The third kappa shape index (κ3) is 4.54. The van der Waals surface area contributed by atoms with E-state index < -0.39 is 17.2 Å². The Bertz CT molecular complexity index is 1450. The SMILES string of the molecule is C[C@@H]1C[C@H](N)C[C@H](c2ccncc2Nc2ncc3ccc(-c4c(F)cc(C5(O)CCCC5)cc4F)nn23)C1. The predicted octanol–water partition coefficient (Wildman–Crippen LogP) is 5.81. The molecule has 2 fully saturated rings. The molecule has 3 atom stereocenters. The van der Waals surface area contributed by atoms with Crippen molar-refractivity contribution in [1.29, 1.82) is 0 Å². The first-order chi connectivity index (χ1) is 18.3. The first kappa shape index (κ1) is 24.9. The van der Waals surface area contributed by atoms with E-state index in [-0.39, 0.29) is 22.9 Å². The fourth-order valence-electron chi connectivity index (χ4n) is 6.33. The smallest absolute Gasteiger partial charge is 0.229 e. The standard InChI is InChI=1S/C29H32F2N6O/c1-17-10-18(12-20(32)11-17)22-6-9-33-16-26(22)35-28-34-15-21-4-5-25(36-37(21)28)27-23(30)13-19(14-24(27)31)29(38)7-2-3-8-29/h4-6,9,13-18,20,38H,2-3,7-8,10-12,32H2,1H3,(H,34,35)/t17-,18+,20-/m0/s1. The summed E-state index contributed by atoms with van der Waals surface area (Å²) in [5.41, 5.74) is 7.93. The number of fused-ring (bicyclic) bond motifs is 1. The van der Waals surface area contributed by atoms with Crippen LogP contribution in [-0.2, 0) is 5.60 Å². The van der Waals surface area contributed by atoms with Crippen LogP contribution in [0.3, 0.4) is 0 Å². The summed E-state index contributed by atoms with van der Waals surface area (Å²) >= 11 is 0. The Balaban J connectivity index is 1.34. The highest BCUT2D eigenvalue weighted by atomic mass is 19.1. The molecular formula is C29H32F2N6O.